The number of carbonyl (C=O) groups excluding carboxylic acids is 4. The zero-order valence-corrected chi connectivity index (χ0v) is 42.3. The Morgan fingerprint density at radius 1 is 0.358 bits per heavy atom. The molecule has 0 aliphatic heterocycles. The molecule has 0 aliphatic rings. The van der Waals surface area contributed by atoms with Crippen LogP contribution in [0, 0.1) is 27.1 Å². The molecular formula is C37H64I4O12. The van der Waals surface area contributed by atoms with Gasteiger partial charge >= 0.3 is 23.9 Å². The van der Waals surface area contributed by atoms with Crippen LogP contribution in [-0.4, -0.2) is 119 Å². The number of halogens is 4. The molecule has 0 spiro atoms. The van der Waals surface area contributed by atoms with Crippen LogP contribution in [0.15, 0.2) is 0 Å². The average molecular weight is 1210 g/mol. The second kappa shape index (κ2) is 25.2. The Morgan fingerprint density at radius 3 is 0.679 bits per heavy atom. The summed E-state index contributed by atoms with van der Waals surface area (Å²) in [6, 6.07) is 0. The van der Waals surface area contributed by atoms with Crippen LogP contribution in [0.25, 0.3) is 0 Å². The summed E-state index contributed by atoms with van der Waals surface area (Å²) in [6.07, 6.45) is 0. The summed E-state index contributed by atoms with van der Waals surface area (Å²) in [7, 11) is 0. The van der Waals surface area contributed by atoms with Crippen LogP contribution < -0.4 is 0 Å². The van der Waals surface area contributed by atoms with Crippen molar-refractivity contribution in [1.82, 2.24) is 0 Å². The number of ether oxygens (including phenoxy) is 8. The van der Waals surface area contributed by atoms with Gasteiger partial charge < -0.3 is 37.9 Å². The maximum atomic E-state index is 12.5. The van der Waals surface area contributed by atoms with Gasteiger partial charge in [0.1, 0.15) is 42.1 Å². The predicted molar refractivity (Wildman–Crippen MR) is 239 cm³/mol. The molecule has 0 aromatic carbocycles. The van der Waals surface area contributed by atoms with Crippen LogP contribution in [-0.2, 0) is 57.1 Å². The number of esters is 4. The second-order valence-corrected chi connectivity index (χ2v) is 22.3. The van der Waals surface area contributed by atoms with Crippen molar-refractivity contribution >= 4 is 114 Å². The molecular weight excluding hydrogens is 1140 g/mol. The largest absolute Gasteiger partial charge is 0.462 e. The van der Waals surface area contributed by atoms with E-state index in [1.54, 1.807) is 0 Å². The van der Waals surface area contributed by atoms with Gasteiger partial charge in [-0.25, -0.2) is 0 Å². The zero-order valence-electron chi connectivity index (χ0n) is 33.7. The lowest BCUT2D eigenvalue weighted by Crippen LogP contribution is -2.43. The minimum Gasteiger partial charge on any atom is -0.462 e. The summed E-state index contributed by atoms with van der Waals surface area (Å²) in [6.45, 7) is 24.7. The predicted octanol–water partition coefficient (Wildman–Crippen LogP) is 7.61. The van der Waals surface area contributed by atoms with E-state index in [0.29, 0.717) is 0 Å². The standard InChI is InChI=1S/C37H64I4O12/c1-33(2,3)25(38)29(42)50-17-13-46-21-37(22-47-14-18-51-30(43)26(39)34(4,5)6,23-48-15-19-52-31(44)27(40)35(7,8)9)24-49-16-20-53-32(45)28(41)36(10,11)12/h25-28H,13-24H2,1-12H3. The van der Waals surface area contributed by atoms with Gasteiger partial charge in [-0.1, -0.05) is 173 Å². The summed E-state index contributed by atoms with van der Waals surface area (Å²) in [4.78, 5) is 50.2. The number of hydrogen-bond acceptors (Lipinski definition) is 12. The van der Waals surface area contributed by atoms with Crippen LogP contribution in [0.3, 0.4) is 0 Å². The summed E-state index contributed by atoms with van der Waals surface area (Å²) in [5.41, 5.74) is -1.90. The van der Waals surface area contributed by atoms with Crippen LogP contribution in [0.2, 0.25) is 0 Å². The molecule has 312 valence electrons. The maximum Gasteiger partial charge on any atom is 0.319 e. The molecule has 0 radical (unpaired) electrons. The first kappa shape index (κ1) is 53.6. The highest BCUT2D eigenvalue weighted by Gasteiger charge is 2.35. The lowest BCUT2D eigenvalue weighted by molar-refractivity contribution is -0.151. The van der Waals surface area contributed by atoms with Crippen molar-refractivity contribution in [3.63, 3.8) is 0 Å². The normalized spacial score (nSPS) is 16.2. The van der Waals surface area contributed by atoms with Gasteiger partial charge in [0.25, 0.3) is 0 Å². The van der Waals surface area contributed by atoms with E-state index < -0.39 is 5.41 Å². The molecule has 0 aromatic heterocycles. The Hall–Kier alpha value is 0.640. The number of rotatable bonds is 24. The first-order valence-corrected chi connectivity index (χ1v) is 22.7. The van der Waals surface area contributed by atoms with Crippen LogP contribution >= 0.6 is 90.4 Å². The van der Waals surface area contributed by atoms with E-state index in [4.69, 9.17) is 37.9 Å². The Labute approximate surface area is 372 Å². The third kappa shape index (κ3) is 23.0. The van der Waals surface area contributed by atoms with Gasteiger partial charge in [-0.15, -0.1) is 0 Å². The lowest BCUT2D eigenvalue weighted by atomic mass is 9.92. The molecule has 0 aromatic rings. The summed E-state index contributed by atoms with van der Waals surface area (Å²) in [5.74, 6) is -1.27. The Balaban J connectivity index is 5.74. The van der Waals surface area contributed by atoms with E-state index in [0.717, 1.165) is 0 Å². The molecule has 4 unspecified atom stereocenters. The molecule has 0 heterocycles. The van der Waals surface area contributed by atoms with Crippen molar-refractivity contribution in [3.05, 3.63) is 0 Å². The molecule has 0 bridgehead atoms. The van der Waals surface area contributed by atoms with E-state index in [2.05, 4.69) is 90.4 Å². The molecule has 0 aliphatic carbocycles. The molecule has 12 nitrogen and oxygen atoms in total. The van der Waals surface area contributed by atoms with Crippen molar-refractivity contribution in [3.8, 4) is 0 Å². The third-order valence-electron chi connectivity index (χ3n) is 7.39. The van der Waals surface area contributed by atoms with Gasteiger partial charge in [-0.3, -0.25) is 19.2 Å². The molecule has 4 atom stereocenters. The molecule has 0 N–H and O–H groups in total. The summed E-state index contributed by atoms with van der Waals surface area (Å²) < 4.78 is 44.7. The van der Waals surface area contributed by atoms with Crippen LogP contribution in [0.1, 0.15) is 83.1 Å². The smallest absolute Gasteiger partial charge is 0.319 e. The molecule has 0 rings (SSSR count). The van der Waals surface area contributed by atoms with Crippen molar-refractivity contribution < 1.29 is 57.1 Å². The van der Waals surface area contributed by atoms with Crippen LogP contribution in [0.4, 0.5) is 0 Å². The molecule has 16 heteroatoms. The number of alkyl halides is 4. The molecule has 53 heavy (non-hydrogen) atoms. The highest BCUT2D eigenvalue weighted by atomic mass is 127. The summed E-state index contributed by atoms with van der Waals surface area (Å²) >= 11 is 8.35. The van der Waals surface area contributed by atoms with Gasteiger partial charge in [0.2, 0.25) is 0 Å². The fraction of sp³-hybridized carbons (Fsp3) is 0.892. The van der Waals surface area contributed by atoms with E-state index in [9.17, 15) is 19.2 Å². The first-order chi connectivity index (χ1) is 24.2. The average Bonchev–Trinajstić information content (AvgIpc) is 3.03. The highest BCUT2D eigenvalue weighted by molar-refractivity contribution is 14.1. The van der Waals surface area contributed by atoms with Gasteiger partial charge in [0.05, 0.1) is 58.3 Å². The maximum absolute atomic E-state index is 12.5. The van der Waals surface area contributed by atoms with E-state index in [-0.39, 0.29) is 141 Å². The molecule has 0 saturated heterocycles. The Kier molecular flexibility index (Phi) is 25.5. The van der Waals surface area contributed by atoms with E-state index in [1.807, 2.05) is 83.1 Å². The number of carbonyl (C=O) groups is 4. The molecule has 0 amide bonds. The van der Waals surface area contributed by atoms with Crippen molar-refractivity contribution in [2.24, 2.45) is 27.1 Å². The van der Waals surface area contributed by atoms with Gasteiger partial charge in [-0.05, 0) is 21.7 Å². The van der Waals surface area contributed by atoms with Gasteiger partial charge in [0.15, 0.2) is 0 Å². The number of hydrogen-bond donors (Lipinski definition) is 0. The topological polar surface area (TPSA) is 142 Å². The fourth-order valence-electron chi connectivity index (χ4n) is 3.92. The van der Waals surface area contributed by atoms with E-state index in [1.165, 1.54) is 0 Å². The monoisotopic (exact) mass is 1210 g/mol. The second-order valence-electron chi connectivity index (χ2n) is 17.3. The minimum atomic E-state index is -0.884. The van der Waals surface area contributed by atoms with Crippen molar-refractivity contribution in [1.29, 1.82) is 0 Å². The minimum absolute atomic E-state index is 0.0522. The molecule has 0 saturated carbocycles. The summed E-state index contributed by atoms with van der Waals surface area (Å²) in [5, 5.41) is 0. The van der Waals surface area contributed by atoms with Gasteiger partial charge in [-0.2, -0.15) is 0 Å². The Morgan fingerprint density at radius 2 is 0.528 bits per heavy atom. The first-order valence-electron chi connectivity index (χ1n) is 17.7. The quantitative estimate of drug-likeness (QED) is 0.0309. The van der Waals surface area contributed by atoms with Crippen molar-refractivity contribution in [2.75, 3.05) is 79.3 Å². The zero-order chi connectivity index (χ0) is 41.3. The van der Waals surface area contributed by atoms with E-state index >= 15 is 0 Å². The Bertz CT molecular complexity index is 936. The SMILES string of the molecule is CC(C)(C)C(I)C(=O)OCCOCC(COCCOC(=O)C(I)C(C)(C)C)(COCCOC(=O)C(I)C(C)(C)C)COCCOC(=O)C(I)C(C)(C)C. The van der Waals surface area contributed by atoms with Crippen molar-refractivity contribution in [2.45, 2.75) is 98.8 Å². The van der Waals surface area contributed by atoms with Gasteiger partial charge in [0, 0.05) is 0 Å². The lowest BCUT2D eigenvalue weighted by Gasteiger charge is -2.33. The molecule has 0 fully saturated rings. The fourth-order valence-corrected chi connectivity index (χ4v) is 4.64. The third-order valence-corrected chi connectivity index (χ3v) is 16.9. The highest BCUT2D eigenvalue weighted by Crippen LogP contribution is 2.30. The van der Waals surface area contributed by atoms with Crippen LogP contribution in [0.5, 0.6) is 0 Å².